The molecule has 0 saturated heterocycles. The van der Waals surface area contributed by atoms with Gasteiger partial charge in [0.05, 0.1) is 22.5 Å². The monoisotopic (exact) mass is 354 g/mol. The first-order chi connectivity index (χ1) is 13.2. The molecule has 3 heterocycles. The molecule has 0 saturated carbocycles. The van der Waals surface area contributed by atoms with Crippen LogP contribution in [-0.2, 0) is 6.54 Å². The number of hydrogen-bond donors (Lipinski definition) is 1. The first-order valence-corrected chi connectivity index (χ1v) is 8.70. The van der Waals surface area contributed by atoms with Crippen molar-refractivity contribution in [2.24, 2.45) is 0 Å². The lowest BCUT2D eigenvalue weighted by atomic mass is 10.0. The van der Waals surface area contributed by atoms with Gasteiger partial charge in [0.25, 0.3) is 5.91 Å². The summed E-state index contributed by atoms with van der Waals surface area (Å²) in [6.07, 6.45) is 5.18. The number of amides is 1. The minimum Gasteiger partial charge on any atom is -0.348 e. The predicted octanol–water partition coefficient (Wildman–Crippen LogP) is 3.93. The summed E-state index contributed by atoms with van der Waals surface area (Å²) < 4.78 is 0. The van der Waals surface area contributed by atoms with Gasteiger partial charge in [0.2, 0.25) is 0 Å². The molecule has 1 aromatic carbocycles. The number of nitrogens with zero attached hydrogens (tertiary/aromatic N) is 3. The Hall–Kier alpha value is -3.60. The van der Waals surface area contributed by atoms with E-state index in [0.717, 1.165) is 27.7 Å². The number of carbonyl (C=O) groups is 1. The average Bonchev–Trinajstić information content (AvgIpc) is 2.72. The molecule has 132 valence electrons. The van der Waals surface area contributed by atoms with Crippen molar-refractivity contribution in [2.75, 3.05) is 0 Å². The summed E-state index contributed by atoms with van der Waals surface area (Å²) in [5.41, 5.74) is 4.81. The highest BCUT2D eigenvalue weighted by molar-refractivity contribution is 6.07. The van der Waals surface area contributed by atoms with Crippen molar-refractivity contribution in [3.63, 3.8) is 0 Å². The van der Waals surface area contributed by atoms with Gasteiger partial charge in [-0.2, -0.15) is 0 Å². The number of benzene rings is 1. The van der Waals surface area contributed by atoms with Gasteiger partial charge in [0.15, 0.2) is 0 Å². The van der Waals surface area contributed by atoms with E-state index < -0.39 is 0 Å². The molecule has 0 atom stereocenters. The quantitative estimate of drug-likeness (QED) is 0.603. The van der Waals surface area contributed by atoms with Gasteiger partial charge in [-0.1, -0.05) is 23.8 Å². The van der Waals surface area contributed by atoms with E-state index in [-0.39, 0.29) is 5.91 Å². The Kier molecular flexibility index (Phi) is 4.58. The Labute approximate surface area is 157 Å². The zero-order valence-electron chi connectivity index (χ0n) is 14.9. The molecular weight excluding hydrogens is 336 g/mol. The summed E-state index contributed by atoms with van der Waals surface area (Å²) in [6.45, 7) is 2.42. The molecule has 0 aliphatic heterocycles. The van der Waals surface area contributed by atoms with E-state index in [4.69, 9.17) is 4.98 Å². The molecule has 0 radical (unpaired) electrons. The molecule has 0 spiro atoms. The van der Waals surface area contributed by atoms with E-state index in [0.29, 0.717) is 17.8 Å². The molecule has 0 aliphatic rings. The van der Waals surface area contributed by atoms with Gasteiger partial charge in [0, 0.05) is 30.5 Å². The van der Waals surface area contributed by atoms with Crippen molar-refractivity contribution in [1.29, 1.82) is 0 Å². The molecule has 5 nitrogen and oxygen atoms in total. The van der Waals surface area contributed by atoms with E-state index in [1.165, 1.54) is 0 Å². The maximum atomic E-state index is 12.9. The predicted molar refractivity (Wildman–Crippen MR) is 105 cm³/mol. The van der Waals surface area contributed by atoms with Crippen LogP contribution in [-0.4, -0.2) is 20.9 Å². The van der Waals surface area contributed by atoms with Gasteiger partial charge in [-0.3, -0.25) is 14.8 Å². The van der Waals surface area contributed by atoms with Crippen LogP contribution in [0.25, 0.3) is 22.3 Å². The van der Waals surface area contributed by atoms with Crippen molar-refractivity contribution in [2.45, 2.75) is 13.5 Å². The Morgan fingerprint density at radius 1 is 1.00 bits per heavy atom. The lowest BCUT2D eigenvalue weighted by molar-refractivity contribution is 0.0952. The second-order valence-electron chi connectivity index (χ2n) is 6.33. The fourth-order valence-corrected chi connectivity index (χ4v) is 2.95. The third-order valence-corrected chi connectivity index (χ3v) is 4.31. The second kappa shape index (κ2) is 7.33. The second-order valence-corrected chi connectivity index (χ2v) is 6.33. The van der Waals surface area contributed by atoms with Gasteiger partial charge >= 0.3 is 0 Å². The van der Waals surface area contributed by atoms with Crippen LogP contribution in [0, 0.1) is 6.92 Å². The smallest absolute Gasteiger partial charge is 0.252 e. The maximum absolute atomic E-state index is 12.9. The van der Waals surface area contributed by atoms with Gasteiger partial charge in [-0.25, -0.2) is 4.98 Å². The highest BCUT2D eigenvalue weighted by Gasteiger charge is 2.14. The number of fused-ring (bicyclic) bond motifs is 1. The molecule has 0 aliphatic carbocycles. The molecule has 4 aromatic rings. The fourth-order valence-electron chi connectivity index (χ4n) is 2.95. The number of nitrogens with one attached hydrogen (secondary N) is 1. The molecule has 0 bridgehead atoms. The molecular formula is C22H18N4O. The topological polar surface area (TPSA) is 67.8 Å². The van der Waals surface area contributed by atoms with Gasteiger partial charge in [-0.05, 0) is 48.9 Å². The summed E-state index contributed by atoms with van der Waals surface area (Å²) in [4.78, 5) is 26.1. The van der Waals surface area contributed by atoms with Crippen molar-refractivity contribution in [3.05, 3.63) is 89.9 Å². The average molecular weight is 354 g/mol. The Morgan fingerprint density at radius 2 is 1.93 bits per heavy atom. The molecule has 0 fully saturated rings. The van der Waals surface area contributed by atoms with Crippen LogP contribution in [0.3, 0.4) is 0 Å². The number of carbonyl (C=O) groups excluding carboxylic acids is 1. The van der Waals surface area contributed by atoms with Crippen LogP contribution in [0.4, 0.5) is 0 Å². The van der Waals surface area contributed by atoms with Crippen LogP contribution in [0.15, 0.2) is 73.2 Å². The zero-order chi connectivity index (χ0) is 18.6. The lowest BCUT2D eigenvalue weighted by Gasteiger charge is -2.11. The number of hydrogen-bond acceptors (Lipinski definition) is 4. The molecule has 5 heteroatoms. The number of aromatic nitrogens is 3. The van der Waals surface area contributed by atoms with Crippen LogP contribution in [0.1, 0.15) is 21.5 Å². The summed E-state index contributed by atoms with van der Waals surface area (Å²) in [7, 11) is 0. The van der Waals surface area contributed by atoms with Gasteiger partial charge in [0.1, 0.15) is 0 Å². The normalized spacial score (nSPS) is 10.7. The van der Waals surface area contributed by atoms with Crippen molar-refractivity contribution < 1.29 is 4.79 Å². The van der Waals surface area contributed by atoms with Crippen molar-refractivity contribution >= 4 is 16.8 Å². The molecule has 0 unspecified atom stereocenters. The Bertz CT molecular complexity index is 1100. The summed E-state index contributed by atoms with van der Waals surface area (Å²) in [6, 6.07) is 17.2. The van der Waals surface area contributed by atoms with Crippen LogP contribution < -0.4 is 5.32 Å². The highest BCUT2D eigenvalue weighted by Crippen LogP contribution is 2.24. The van der Waals surface area contributed by atoms with Crippen molar-refractivity contribution in [1.82, 2.24) is 20.3 Å². The van der Waals surface area contributed by atoms with Crippen LogP contribution >= 0.6 is 0 Å². The fraction of sp³-hybridized carbons (Fsp3) is 0.0909. The lowest BCUT2D eigenvalue weighted by Crippen LogP contribution is -2.23. The van der Waals surface area contributed by atoms with Gasteiger partial charge in [-0.15, -0.1) is 0 Å². The zero-order valence-corrected chi connectivity index (χ0v) is 14.9. The Morgan fingerprint density at radius 3 is 2.70 bits per heavy atom. The minimum absolute atomic E-state index is 0.144. The highest BCUT2D eigenvalue weighted by atomic mass is 16.1. The van der Waals surface area contributed by atoms with E-state index in [1.807, 2.05) is 61.5 Å². The van der Waals surface area contributed by atoms with E-state index in [1.54, 1.807) is 18.6 Å². The number of rotatable bonds is 4. The van der Waals surface area contributed by atoms with Crippen molar-refractivity contribution in [3.8, 4) is 11.4 Å². The maximum Gasteiger partial charge on any atom is 0.252 e. The first kappa shape index (κ1) is 16.8. The number of pyridine rings is 3. The number of aryl methyl sites for hydroxylation is 1. The van der Waals surface area contributed by atoms with E-state index in [9.17, 15) is 4.79 Å². The standard InChI is InChI=1S/C22H18N4O/c1-15-7-8-19-17(11-15)18(12-21(26-19)20-6-2-3-10-24-20)22(27)25-14-16-5-4-9-23-13-16/h2-13H,14H2,1H3,(H,25,27). The van der Waals surface area contributed by atoms with E-state index in [2.05, 4.69) is 15.3 Å². The first-order valence-electron chi connectivity index (χ1n) is 8.70. The third-order valence-electron chi connectivity index (χ3n) is 4.31. The minimum atomic E-state index is -0.144. The van der Waals surface area contributed by atoms with Crippen LogP contribution in [0.5, 0.6) is 0 Å². The van der Waals surface area contributed by atoms with E-state index >= 15 is 0 Å². The SMILES string of the molecule is Cc1ccc2nc(-c3ccccn3)cc(C(=O)NCc3cccnc3)c2c1. The largest absolute Gasteiger partial charge is 0.348 e. The summed E-state index contributed by atoms with van der Waals surface area (Å²) in [5, 5.41) is 3.81. The molecule has 1 N–H and O–H groups in total. The summed E-state index contributed by atoms with van der Waals surface area (Å²) >= 11 is 0. The van der Waals surface area contributed by atoms with Crippen LogP contribution in [0.2, 0.25) is 0 Å². The van der Waals surface area contributed by atoms with Gasteiger partial charge < -0.3 is 5.32 Å². The molecule has 1 amide bonds. The summed E-state index contributed by atoms with van der Waals surface area (Å²) in [5.74, 6) is -0.144. The molecule has 27 heavy (non-hydrogen) atoms. The Balaban J connectivity index is 1.75. The molecule has 4 rings (SSSR count). The molecule has 3 aromatic heterocycles. The third kappa shape index (κ3) is 3.67.